The fraction of sp³-hybridized carbons (Fsp3) is 0. The molecule has 8 rings (SSSR count). The number of hydrogen-bond donors (Lipinski definition) is 0. The normalized spacial score (nSPS) is 11.4. The van der Waals surface area contributed by atoms with Gasteiger partial charge in [0.15, 0.2) is 5.82 Å². The Morgan fingerprint density at radius 3 is 1.35 bits per heavy atom. The van der Waals surface area contributed by atoms with Gasteiger partial charge in [-0.2, -0.15) is 0 Å². The Morgan fingerprint density at radius 1 is 0.326 bits per heavy atom. The Kier molecular flexibility index (Phi) is 6.31. The van der Waals surface area contributed by atoms with Gasteiger partial charge in [0, 0.05) is 21.2 Å². The molecule has 0 aliphatic rings. The highest BCUT2D eigenvalue weighted by molar-refractivity contribution is 9.10. The number of halogens is 1. The van der Waals surface area contributed by atoms with Crippen LogP contribution in [0.5, 0.6) is 0 Å². The predicted octanol–water partition coefficient (Wildman–Crippen LogP) is 11.4. The largest absolute Gasteiger partial charge is 0.228 e. The standard InChI is InChI=1S/C40H25BrN2/c41-31-21-18-28(19-22-31)39-25-38(42-40(43-39)29-8-2-1-3-9-29)27-16-14-26(15-17-27)30-20-23-36-34-12-5-4-10-32(34)33-11-6-7-13-35(33)37(36)24-30/h1-25H. The summed E-state index contributed by atoms with van der Waals surface area (Å²) in [6.07, 6.45) is 0. The van der Waals surface area contributed by atoms with E-state index in [0.29, 0.717) is 5.82 Å². The van der Waals surface area contributed by atoms with Crippen molar-refractivity contribution in [3.05, 3.63) is 156 Å². The van der Waals surface area contributed by atoms with Gasteiger partial charge >= 0.3 is 0 Å². The maximum absolute atomic E-state index is 5.00. The van der Waals surface area contributed by atoms with E-state index in [-0.39, 0.29) is 0 Å². The van der Waals surface area contributed by atoms with Gasteiger partial charge in [0.2, 0.25) is 0 Å². The van der Waals surface area contributed by atoms with Gasteiger partial charge < -0.3 is 0 Å². The van der Waals surface area contributed by atoms with Gasteiger partial charge in [-0.1, -0.05) is 143 Å². The summed E-state index contributed by atoms with van der Waals surface area (Å²) in [5.41, 5.74) is 7.27. The first-order chi connectivity index (χ1) is 21.2. The average Bonchev–Trinajstić information content (AvgIpc) is 3.09. The Balaban J connectivity index is 1.23. The monoisotopic (exact) mass is 612 g/mol. The first-order valence-electron chi connectivity index (χ1n) is 14.4. The zero-order valence-electron chi connectivity index (χ0n) is 23.2. The molecule has 0 aliphatic carbocycles. The summed E-state index contributed by atoms with van der Waals surface area (Å²) in [5, 5.41) is 7.72. The second-order valence-electron chi connectivity index (χ2n) is 10.8. The molecule has 2 nitrogen and oxygen atoms in total. The lowest BCUT2D eigenvalue weighted by atomic mass is 9.92. The highest BCUT2D eigenvalue weighted by Gasteiger charge is 2.12. The summed E-state index contributed by atoms with van der Waals surface area (Å²) < 4.78 is 1.04. The van der Waals surface area contributed by atoms with Crippen molar-refractivity contribution < 1.29 is 0 Å². The molecule has 1 aromatic heterocycles. The molecule has 0 N–H and O–H groups in total. The molecule has 0 amide bonds. The van der Waals surface area contributed by atoms with E-state index >= 15 is 0 Å². The fourth-order valence-corrected chi connectivity index (χ4v) is 6.26. The fourth-order valence-electron chi connectivity index (χ4n) is 6.00. The van der Waals surface area contributed by atoms with Crippen molar-refractivity contribution in [3.8, 4) is 45.0 Å². The Labute approximate surface area is 258 Å². The smallest absolute Gasteiger partial charge is 0.160 e. The highest BCUT2D eigenvalue weighted by atomic mass is 79.9. The van der Waals surface area contributed by atoms with Gasteiger partial charge in [0.1, 0.15) is 0 Å². The first kappa shape index (κ1) is 25.6. The molecule has 202 valence electrons. The molecule has 1 heterocycles. The lowest BCUT2D eigenvalue weighted by Gasteiger charge is -2.12. The van der Waals surface area contributed by atoms with Crippen LogP contribution in [0.1, 0.15) is 0 Å². The van der Waals surface area contributed by atoms with E-state index in [0.717, 1.165) is 32.6 Å². The second-order valence-corrected chi connectivity index (χ2v) is 11.7. The SMILES string of the molecule is Brc1ccc(-c2cc(-c3ccc(-c4ccc5c6ccccc6c6ccccc6c5c4)cc3)nc(-c3ccccc3)n2)cc1. The van der Waals surface area contributed by atoms with Crippen LogP contribution < -0.4 is 0 Å². The van der Waals surface area contributed by atoms with E-state index in [9.17, 15) is 0 Å². The van der Waals surface area contributed by atoms with E-state index in [1.165, 1.54) is 43.4 Å². The molecule has 0 unspecified atom stereocenters. The van der Waals surface area contributed by atoms with Gasteiger partial charge in [-0.15, -0.1) is 0 Å². The summed E-state index contributed by atoms with van der Waals surface area (Å²) in [4.78, 5) is 9.95. The van der Waals surface area contributed by atoms with E-state index < -0.39 is 0 Å². The molecule has 0 bridgehead atoms. The van der Waals surface area contributed by atoms with Crippen LogP contribution in [0.15, 0.2) is 156 Å². The van der Waals surface area contributed by atoms with Crippen LogP contribution in [0.2, 0.25) is 0 Å². The average molecular weight is 614 g/mol. The molecule has 0 radical (unpaired) electrons. The van der Waals surface area contributed by atoms with Crippen LogP contribution in [0.25, 0.3) is 77.3 Å². The van der Waals surface area contributed by atoms with Crippen LogP contribution >= 0.6 is 15.9 Å². The first-order valence-corrected chi connectivity index (χ1v) is 15.1. The minimum Gasteiger partial charge on any atom is -0.228 e. The van der Waals surface area contributed by atoms with Gasteiger partial charge in [0.25, 0.3) is 0 Å². The van der Waals surface area contributed by atoms with Crippen molar-refractivity contribution in [1.82, 2.24) is 9.97 Å². The summed E-state index contributed by atoms with van der Waals surface area (Å²) in [6.45, 7) is 0. The molecule has 0 saturated heterocycles. The molecule has 43 heavy (non-hydrogen) atoms. The summed E-state index contributed by atoms with van der Waals surface area (Å²) in [7, 11) is 0. The minimum absolute atomic E-state index is 0.716. The number of fused-ring (bicyclic) bond motifs is 6. The van der Waals surface area contributed by atoms with Crippen LogP contribution in [0.3, 0.4) is 0 Å². The number of aromatic nitrogens is 2. The predicted molar refractivity (Wildman–Crippen MR) is 184 cm³/mol. The van der Waals surface area contributed by atoms with Crippen LogP contribution in [0.4, 0.5) is 0 Å². The summed E-state index contributed by atoms with van der Waals surface area (Å²) in [5.74, 6) is 0.716. The molecule has 0 fully saturated rings. The van der Waals surface area contributed by atoms with Crippen molar-refractivity contribution in [1.29, 1.82) is 0 Å². The van der Waals surface area contributed by atoms with Crippen LogP contribution in [-0.4, -0.2) is 9.97 Å². The van der Waals surface area contributed by atoms with Crippen molar-refractivity contribution in [2.24, 2.45) is 0 Å². The van der Waals surface area contributed by atoms with Crippen molar-refractivity contribution in [2.45, 2.75) is 0 Å². The number of benzene rings is 7. The highest BCUT2D eigenvalue weighted by Crippen LogP contribution is 2.37. The van der Waals surface area contributed by atoms with E-state index in [1.807, 2.05) is 30.3 Å². The van der Waals surface area contributed by atoms with E-state index in [2.05, 4.69) is 137 Å². The van der Waals surface area contributed by atoms with Gasteiger partial charge in [-0.05, 0) is 67.7 Å². The number of nitrogens with zero attached hydrogens (tertiary/aromatic N) is 2. The molecular formula is C40H25BrN2. The maximum atomic E-state index is 5.00. The molecule has 8 aromatic rings. The van der Waals surface area contributed by atoms with E-state index in [4.69, 9.17) is 9.97 Å². The van der Waals surface area contributed by atoms with Gasteiger partial charge in [-0.25, -0.2) is 9.97 Å². The molecule has 3 heteroatoms. The number of rotatable bonds is 4. The quantitative estimate of drug-likeness (QED) is 0.185. The Morgan fingerprint density at radius 2 is 0.767 bits per heavy atom. The second kappa shape index (κ2) is 10.6. The van der Waals surface area contributed by atoms with Gasteiger partial charge in [-0.3, -0.25) is 0 Å². The molecule has 7 aromatic carbocycles. The third-order valence-electron chi connectivity index (χ3n) is 8.16. The molecule has 0 aliphatic heterocycles. The Bertz CT molecular complexity index is 2240. The van der Waals surface area contributed by atoms with Crippen molar-refractivity contribution in [2.75, 3.05) is 0 Å². The molecule has 0 spiro atoms. The van der Waals surface area contributed by atoms with Gasteiger partial charge in [0.05, 0.1) is 11.4 Å². The summed E-state index contributed by atoms with van der Waals surface area (Å²) in [6, 6.07) is 53.5. The van der Waals surface area contributed by atoms with Crippen LogP contribution in [0, 0.1) is 0 Å². The zero-order chi connectivity index (χ0) is 28.8. The lowest BCUT2D eigenvalue weighted by molar-refractivity contribution is 1.18. The van der Waals surface area contributed by atoms with Crippen molar-refractivity contribution in [3.63, 3.8) is 0 Å². The summed E-state index contributed by atoms with van der Waals surface area (Å²) >= 11 is 3.55. The van der Waals surface area contributed by atoms with E-state index in [1.54, 1.807) is 0 Å². The number of hydrogen-bond acceptors (Lipinski definition) is 2. The molecule has 0 saturated carbocycles. The molecular weight excluding hydrogens is 588 g/mol. The van der Waals surface area contributed by atoms with Crippen LogP contribution in [-0.2, 0) is 0 Å². The zero-order valence-corrected chi connectivity index (χ0v) is 24.8. The third kappa shape index (κ3) is 4.68. The Hall–Kier alpha value is -5.12. The molecule has 0 atom stereocenters. The topological polar surface area (TPSA) is 25.8 Å². The third-order valence-corrected chi connectivity index (χ3v) is 8.68. The minimum atomic E-state index is 0.716. The maximum Gasteiger partial charge on any atom is 0.160 e. The lowest BCUT2D eigenvalue weighted by Crippen LogP contribution is -1.95. The van der Waals surface area contributed by atoms with Crippen molar-refractivity contribution >= 4 is 48.2 Å².